The fourth-order valence-corrected chi connectivity index (χ4v) is 2.26. The second-order valence-electron chi connectivity index (χ2n) is 5.95. The molecule has 5 nitrogen and oxygen atoms in total. The van der Waals surface area contributed by atoms with Gasteiger partial charge < -0.3 is 10.2 Å². The Labute approximate surface area is 143 Å². The Morgan fingerprint density at radius 2 is 1.83 bits per heavy atom. The van der Waals surface area contributed by atoms with Crippen molar-refractivity contribution in [1.82, 2.24) is 5.43 Å². The van der Waals surface area contributed by atoms with Crippen molar-refractivity contribution in [3.63, 3.8) is 0 Å². The van der Waals surface area contributed by atoms with Gasteiger partial charge in [0.25, 0.3) is 5.91 Å². The maximum Gasteiger partial charge on any atom is 0.259 e. The Morgan fingerprint density at radius 1 is 1.12 bits per heavy atom. The second-order valence-corrected chi connectivity index (χ2v) is 5.95. The van der Waals surface area contributed by atoms with Crippen LogP contribution in [0, 0.1) is 13.8 Å². The number of aryl methyl sites for hydroxylation is 2. The molecule has 0 saturated carbocycles. The highest BCUT2D eigenvalue weighted by Crippen LogP contribution is 2.15. The lowest BCUT2D eigenvalue weighted by Gasteiger charge is -2.11. The van der Waals surface area contributed by atoms with Crippen LogP contribution in [-0.4, -0.2) is 32.8 Å². The largest absolute Gasteiger partial charge is 0.378 e. The number of nitrogens with one attached hydrogen (secondary N) is 2. The monoisotopic (exact) mass is 324 g/mol. The van der Waals surface area contributed by atoms with Gasteiger partial charge in [0.15, 0.2) is 0 Å². The number of benzene rings is 2. The highest BCUT2D eigenvalue weighted by atomic mass is 16.2. The van der Waals surface area contributed by atoms with Gasteiger partial charge in [0.1, 0.15) is 0 Å². The molecule has 24 heavy (non-hydrogen) atoms. The Balaban J connectivity index is 1.82. The van der Waals surface area contributed by atoms with Crippen molar-refractivity contribution in [2.24, 2.45) is 5.10 Å². The average Bonchev–Trinajstić information content (AvgIpc) is 2.54. The lowest BCUT2D eigenvalue weighted by atomic mass is 10.1. The van der Waals surface area contributed by atoms with Crippen LogP contribution in [0.25, 0.3) is 0 Å². The van der Waals surface area contributed by atoms with Crippen molar-refractivity contribution < 1.29 is 4.79 Å². The third kappa shape index (κ3) is 5.12. The molecule has 0 aliphatic heterocycles. The molecule has 0 bridgehead atoms. The van der Waals surface area contributed by atoms with Crippen LogP contribution in [0.2, 0.25) is 0 Å². The van der Waals surface area contributed by atoms with E-state index in [1.807, 2.05) is 69.2 Å². The van der Waals surface area contributed by atoms with E-state index in [-0.39, 0.29) is 12.5 Å². The molecule has 0 spiro atoms. The van der Waals surface area contributed by atoms with Crippen LogP contribution in [0.4, 0.5) is 11.4 Å². The van der Waals surface area contributed by atoms with Crippen molar-refractivity contribution in [1.29, 1.82) is 0 Å². The number of hydrogen-bond acceptors (Lipinski definition) is 4. The van der Waals surface area contributed by atoms with E-state index in [0.717, 1.165) is 22.5 Å². The predicted octanol–water partition coefficient (Wildman–Crippen LogP) is 2.93. The molecule has 0 heterocycles. The van der Waals surface area contributed by atoms with E-state index in [1.54, 1.807) is 6.21 Å². The lowest BCUT2D eigenvalue weighted by molar-refractivity contribution is -0.119. The van der Waals surface area contributed by atoms with Gasteiger partial charge in [0.05, 0.1) is 12.8 Å². The molecule has 0 unspecified atom stereocenters. The van der Waals surface area contributed by atoms with Gasteiger partial charge in [0, 0.05) is 25.5 Å². The summed E-state index contributed by atoms with van der Waals surface area (Å²) in [5, 5.41) is 7.10. The van der Waals surface area contributed by atoms with E-state index in [9.17, 15) is 4.79 Å². The van der Waals surface area contributed by atoms with Gasteiger partial charge in [-0.25, -0.2) is 5.43 Å². The van der Waals surface area contributed by atoms with Gasteiger partial charge in [-0.05, 0) is 43.2 Å². The van der Waals surface area contributed by atoms with Crippen molar-refractivity contribution >= 4 is 23.5 Å². The van der Waals surface area contributed by atoms with Crippen molar-refractivity contribution in [2.75, 3.05) is 30.9 Å². The van der Waals surface area contributed by atoms with Crippen LogP contribution in [0.1, 0.15) is 16.7 Å². The molecule has 0 aliphatic rings. The molecule has 0 aromatic heterocycles. The third-order valence-electron chi connectivity index (χ3n) is 3.63. The minimum atomic E-state index is -0.184. The van der Waals surface area contributed by atoms with Gasteiger partial charge in [-0.1, -0.05) is 29.8 Å². The molecule has 0 fully saturated rings. The van der Waals surface area contributed by atoms with E-state index in [1.165, 1.54) is 5.56 Å². The Morgan fingerprint density at radius 3 is 2.46 bits per heavy atom. The van der Waals surface area contributed by atoms with Gasteiger partial charge in [-0.2, -0.15) is 5.10 Å². The van der Waals surface area contributed by atoms with Crippen molar-refractivity contribution in [3.05, 3.63) is 59.2 Å². The van der Waals surface area contributed by atoms with E-state index >= 15 is 0 Å². The molecule has 2 N–H and O–H groups in total. The van der Waals surface area contributed by atoms with Gasteiger partial charge >= 0.3 is 0 Å². The number of hydrogen-bond donors (Lipinski definition) is 2. The first-order valence-corrected chi connectivity index (χ1v) is 7.86. The molecule has 5 heteroatoms. The number of hydrazone groups is 1. The molecule has 0 saturated heterocycles. The van der Waals surface area contributed by atoms with Crippen LogP contribution < -0.4 is 15.6 Å². The molecule has 126 valence electrons. The van der Waals surface area contributed by atoms with E-state index in [0.29, 0.717) is 0 Å². The maximum absolute atomic E-state index is 11.8. The second kappa shape index (κ2) is 8.15. The molecule has 1 amide bonds. The molecular formula is C19H24N4O. The van der Waals surface area contributed by atoms with E-state index in [4.69, 9.17) is 0 Å². The fraction of sp³-hybridized carbons (Fsp3) is 0.263. The summed E-state index contributed by atoms with van der Waals surface area (Å²) in [5.41, 5.74) is 7.86. The summed E-state index contributed by atoms with van der Waals surface area (Å²) >= 11 is 0. The van der Waals surface area contributed by atoms with Gasteiger partial charge in [-0.3, -0.25) is 4.79 Å². The van der Waals surface area contributed by atoms with Crippen LogP contribution in [0.5, 0.6) is 0 Å². The summed E-state index contributed by atoms with van der Waals surface area (Å²) < 4.78 is 0. The van der Waals surface area contributed by atoms with Crippen molar-refractivity contribution in [2.45, 2.75) is 13.8 Å². The number of anilines is 2. The summed E-state index contributed by atoms with van der Waals surface area (Å²) in [6.07, 6.45) is 1.63. The molecule has 2 aromatic rings. The molecule has 0 radical (unpaired) electrons. The molecule has 2 aromatic carbocycles. The first-order chi connectivity index (χ1) is 11.5. The summed E-state index contributed by atoms with van der Waals surface area (Å²) in [6, 6.07) is 14.0. The number of carbonyl (C=O) groups excluding carboxylic acids is 1. The topological polar surface area (TPSA) is 56.7 Å². The SMILES string of the molecule is Cc1ccc(NCC(=O)N/N=C/c2ccc(N(C)C)cc2)c(C)c1. The van der Waals surface area contributed by atoms with Crippen LogP contribution in [-0.2, 0) is 4.79 Å². The van der Waals surface area contributed by atoms with Crippen molar-refractivity contribution in [3.8, 4) is 0 Å². The first-order valence-electron chi connectivity index (χ1n) is 7.86. The summed E-state index contributed by atoms with van der Waals surface area (Å²) in [4.78, 5) is 13.9. The summed E-state index contributed by atoms with van der Waals surface area (Å²) in [7, 11) is 3.98. The summed E-state index contributed by atoms with van der Waals surface area (Å²) in [6.45, 7) is 4.24. The first kappa shape index (κ1) is 17.5. The molecular weight excluding hydrogens is 300 g/mol. The van der Waals surface area contributed by atoms with Crippen LogP contribution in [0.3, 0.4) is 0 Å². The van der Waals surface area contributed by atoms with E-state index < -0.39 is 0 Å². The highest BCUT2D eigenvalue weighted by molar-refractivity contribution is 5.84. The third-order valence-corrected chi connectivity index (χ3v) is 3.63. The van der Waals surface area contributed by atoms with Crippen LogP contribution in [0.15, 0.2) is 47.6 Å². The number of carbonyl (C=O) groups is 1. The van der Waals surface area contributed by atoms with Gasteiger partial charge in [0.2, 0.25) is 0 Å². The quantitative estimate of drug-likeness (QED) is 0.634. The fourth-order valence-electron chi connectivity index (χ4n) is 2.26. The maximum atomic E-state index is 11.8. The lowest BCUT2D eigenvalue weighted by Crippen LogP contribution is -2.26. The van der Waals surface area contributed by atoms with Crippen LogP contribution >= 0.6 is 0 Å². The zero-order valence-corrected chi connectivity index (χ0v) is 14.6. The molecule has 0 aliphatic carbocycles. The van der Waals surface area contributed by atoms with Gasteiger partial charge in [-0.15, -0.1) is 0 Å². The Hall–Kier alpha value is -2.82. The Bertz CT molecular complexity index is 721. The minimum Gasteiger partial charge on any atom is -0.378 e. The average molecular weight is 324 g/mol. The minimum absolute atomic E-state index is 0.181. The van der Waals surface area contributed by atoms with E-state index in [2.05, 4.69) is 21.9 Å². The number of amides is 1. The zero-order valence-electron chi connectivity index (χ0n) is 14.6. The number of rotatable bonds is 6. The smallest absolute Gasteiger partial charge is 0.259 e. The number of nitrogens with zero attached hydrogens (tertiary/aromatic N) is 2. The molecule has 0 atom stereocenters. The zero-order chi connectivity index (χ0) is 17.5. The molecule has 2 rings (SSSR count). The standard InChI is InChI=1S/C19H24N4O/c1-14-5-10-18(15(2)11-14)20-13-19(24)22-21-12-16-6-8-17(9-7-16)23(3)4/h5-12,20H,13H2,1-4H3,(H,22,24)/b21-12+. The predicted molar refractivity (Wildman–Crippen MR) is 101 cm³/mol. The highest BCUT2D eigenvalue weighted by Gasteiger charge is 2.02. The normalized spacial score (nSPS) is 10.7. The summed E-state index contributed by atoms with van der Waals surface area (Å²) in [5.74, 6) is -0.184. The Kier molecular flexibility index (Phi) is 5.95.